The van der Waals surface area contributed by atoms with Crippen molar-refractivity contribution in [1.82, 2.24) is 0 Å². The van der Waals surface area contributed by atoms with Crippen molar-refractivity contribution in [2.75, 3.05) is 23.8 Å². The SMILES string of the molecule is O=C(COc1ccc(Cl)cc1)Nc1ccc(C2(c3ccc(NC(=O)COc4ccc(Cl)cc4)cc3)c3ccccc3-c3ccccc32)cc1. The topological polar surface area (TPSA) is 76.7 Å². The van der Waals surface area contributed by atoms with Gasteiger partial charge in [0.25, 0.3) is 11.8 Å². The Morgan fingerprint density at radius 1 is 0.490 bits per heavy atom. The first kappa shape index (κ1) is 32.0. The lowest BCUT2D eigenvalue weighted by molar-refractivity contribution is -0.118. The molecule has 0 spiro atoms. The van der Waals surface area contributed by atoms with Gasteiger partial charge in [-0.1, -0.05) is 96.0 Å². The molecule has 2 amide bonds. The third-order valence-corrected chi connectivity index (χ3v) is 9.03. The van der Waals surface area contributed by atoms with Crippen LogP contribution in [-0.4, -0.2) is 25.0 Å². The summed E-state index contributed by atoms with van der Waals surface area (Å²) in [4.78, 5) is 25.5. The van der Waals surface area contributed by atoms with Crippen LogP contribution in [-0.2, 0) is 15.0 Å². The molecule has 0 fully saturated rings. The second-order valence-electron chi connectivity index (χ2n) is 11.6. The number of hydrogen-bond acceptors (Lipinski definition) is 4. The lowest BCUT2D eigenvalue weighted by Crippen LogP contribution is -2.28. The molecule has 0 unspecified atom stereocenters. The van der Waals surface area contributed by atoms with Crippen LogP contribution in [0.2, 0.25) is 10.0 Å². The Bertz CT molecular complexity index is 1960. The van der Waals surface area contributed by atoms with E-state index in [4.69, 9.17) is 32.7 Å². The Labute approximate surface area is 294 Å². The molecule has 0 aliphatic heterocycles. The Balaban J connectivity index is 1.15. The highest BCUT2D eigenvalue weighted by molar-refractivity contribution is 6.30. The zero-order valence-corrected chi connectivity index (χ0v) is 27.7. The number of hydrogen-bond donors (Lipinski definition) is 2. The van der Waals surface area contributed by atoms with E-state index in [1.165, 1.54) is 0 Å². The lowest BCUT2D eigenvalue weighted by Gasteiger charge is -2.34. The Hall–Kier alpha value is -5.56. The largest absolute Gasteiger partial charge is 0.484 e. The van der Waals surface area contributed by atoms with Gasteiger partial charge in [0.15, 0.2) is 13.2 Å². The fraction of sp³-hybridized carbons (Fsp3) is 0.0732. The van der Waals surface area contributed by atoms with Crippen molar-refractivity contribution in [2.45, 2.75) is 5.41 Å². The molecule has 1 aliphatic rings. The predicted molar refractivity (Wildman–Crippen MR) is 195 cm³/mol. The van der Waals surface area contributed by atoms with Crippen molar-refractivity contribution in [2.24, 2.45) is 0 Å². The van der Waals surface area contributed by atoms with E-state index in [0.29, 0.717) is 32.9 Å². The van der Waals surface area contributed by atoms with Crippen LogP contribution in [0.4, 0.5) is 11.4 Å². The molecule has 1 aliphatic carbocycles. The van der Waals surface area contributed by atoms with Gasteiger partial charge in [-0.05, 0) is 106 Å². The molecule has 0 saturated carbocycles. The molecule has 0 atom stereocenters. The molecule has 6 aromatic rings. The van der Waals surface area contributed by atoms with Gasteiger partial charge in [-0.25, -0.2) is 0 Å². The van der Waals surface area contributed by atoms with Gasteiger partial charge in [0.1, 0.15) is 11.5 Å². The molecule has 0 bridgehead atoms. The minimum absolute atomic E-state index is 0.135. The lowest BCUT2D eigenvalue weighted by atomic mass is 9.67. The summed E-state index contributed by atoms with van der Waals surface area (Å²) >= 11 is 11.9. The van der Waals surface area contributed by atoms with Gasteiger partial charge >= 0.3 is 0 Å². The van der Waals surface area contributed by atoms with Crippen molar-refractivity contribution >= 4 is 46.4 Å². The fourth-order valence-corrected chi connectivity index (χ4v) is 6.64. The van der Waals surface area contributed by atoms with E-state index in [1.54, 1.807) is 48.5 Å². The molecule has 6 nitrogen and oxygen atoms in total. The van der Waals surface area contributed by atoms with Gasteiger partial charge in [-0.3, -0.25) is 9.59 Å². The molecule has 6 aromatic carbocycles. The van der Waals surface area contributed by atoms with Crippen LogP contribution in [0, 0.1) is 0 Å². The number of anilines is 2. The van der Waals surface area contributed by atoms with Crippen LogP contribution in [0.5, 0.6) is 11.5 Å². The Morgan fingerprint density at radius 2 is 0.857 bits per heavy atom. The van der Waals surface area contributed by atoms with E-state index in [9.17, 15) is 9.59 Å². The first-order chi connectivity index (χ1) is 23.9. The number of carbonyl (C=O) groups excluding carboxylic acids is 2. The maximum absolute atomic E-state index is 12.7. The number of amides is 2. The van der Waals surface area contributed by atoms with Gasteiger partial charge in [-0.15, -0.1) is 0 Å². The standard InChI is InChI=1S/C41H30Cl2N2O4/c42-29-13-21-33(22-14-29)48-25-39(46)44-31-17-9-27(10-18-31)41(37-7-3-1-5-35(37)36-6-2-4-8-38(36)41)28-11-19-32(20-12-28)45-40(47)26-49-34-23-15-30(43)16-24-34/h1-24H,25-26H2,(H,44,46)(H,45,47). The normalized spacial score (nSPS) is 12.4. The molecule has 7 rings (SSSR count). The average molecular weight is 686 g/mol. The van der Waals surface area contributed by atoms with Crippen LogP contribution in [0.3, 0.4) is 0 Å². The highest BCUT2D eigenvalue weighted by atomic mass is 35.5. The number of nitrogens with one attached hydrogen (secondary N) is 2. The zero-order chi connectivity index (χ0) is 33.8. The van der Waals surface area contributed by atoms with E-state index in [-0.39, 0.29) is 25.0 Å². The molecule has 0 radical (unpaired) electrons. The average Bonchev–Trinajstić information content (AvgIpc) is 3.43. The van der Waals surface area contributed by atoms with Crippen molar-refractivity contribution in [3.05, 3.63) is 178 Å². The van der Waals surface area contributed by atoms with Gasteiger partial charge in [-0.2, -0.15) is 0 Å². The number of rotatable bonds is 10. The van der Waals surface area contributed by atoms with Gasteiger partial charge in [0.05, 0.1) is 5.41 Å². The predicted octanol–water partition coefficient (Wildman–Crippen LogP) is 9.39. The molecule has 242 valence electrons. The van der Waals surface area contributed by atoms with Gasteiger partial charge in [0, 0.05) is 21.4 Å². The van der Waals surface area contributed by atoms with Crippen molar-refractivity contribution in [3.63, 3.8) is 0 Å². The first-order valence-electron chi connectivity index (χ1n) is 15.7. The number of halogens is 2. The highest BCUT2D eigenvalue weighted by Gasteiger charge is 2.45. The summed E-state index contributed by atoms with van der Waals surface area (Å²) in [5.74, 6) is 0.579. The minimum Gasteiger partial charge on any atom is -0.484 e. The molecule has 0 heterocycles. The monoisotopic (exact) mass is 684 g/mol. The van der Waals surface area contributed by atoms with E-state index in [1.807, 2.05) is 24.3 Å². The van der Waals surface area contributed by atoms with E-state index < -0.39 is 5.41 Å². The zero-order valence-electron chi connectivity index (χ0n) is 26.2. The molecule has 8 heteroatoms. The summed E-state index contributed by atoms with van der Waals surface area (Å²) in [5, 5.41) is 7.07. The Kier molecular flexibility index (Phi) is 9.07. The van der Waals surface area contributed by atoms with Crippen LogP contribution in [0.15, 0.2) is 146 Å². The van der Waals surface area contributed by atoms with Crippen molar-refractivity contribution in [3.8, 4) is 22.6 Å². The summed E-state index contributed by atoms with van der Waals surface area (Å²) in [6.07, 6.45) is 0. The van der Waals surface area contributed by atoms with E-state index >= 15 is 0 Å². The summed E-state index contributed by atoms with van der Waals surface area (Å²) in [6.45, 7) is -0.269. The summed E-state index contributed by atoms with van der Waals surface area (Å²) in [7, 11) is 0. The maximum atomic E-state index is 12.7. The molecular weight excluding hydrogens is 655 g/mol. The van der Waals surface area contributed by atoms with Crippen LogP contribution in [0.25, 0.3) is 11.1 Å². The smallest absolute Gasteiger partial charge is 0.262 e. The van der Waals surface area contributed by atoms with Gasteiger partial charge in [0.2, 0.25) is 0 Å². The molecule has 0 aromatic heterocycles. The first-order valence-corrected chi connectivity index (χ1v) is 16.4. The summed E-state index contributed by atoms with van der Waals surface area (Å²) in [5.41, 5.74) is 7.35. The number of ether oxygens (including phenoxy) is 2. The third-order valence-electron chi connectivity index (χ3n) is 8.52. The number of fused-ring (bicyclic) bond motifs is 3. The van der Waals surface area contributed by atoms with E-state index in [2.05, 4.69) is 83.4 Å². The highest BCUT2D eigenvalue weighted by Crippen LogP contribution is 2.56. The summed E-state index contributed by atoms with van der Waals surface area (Å²) < 4.78 is 11.2. The van der Waals surface area contributed by atoms with E-state index in [0.717, 1.165) is 33.4 Å². The molecular formula is C41H30Cl2N2O4. The molecule has 2 N–H and O–H groups in total. The number of benzene rings is 6. The summed E-state index contributed by atoms with van der Waals surface area (Å²) in [6, 6.07) is 46.5. The second-order valence-corrected chi connectivity index (χ2v) is 12.5. The minimum atomic E-state index is -0.645. The second kappa shape index (κ2) is 13.9. The van der Waals surface area contributed by atoms with Crippen molar-refractivity contribution in [1.29, 1.82) is 0 Å². The molecule has 0 saturated heterocycles. The van der Waals surface area contributed by atoms with Crippen LogP contribution < -0.4 is 20.1 Å². The van der Waals surface area contributed by atoms with Gasteiger partial charge < -0.3 is 20.1 Å². The Morgan fingerprint density at radius 3 is 1.24 bits per heavy atom. The quantitative estimate of drug-likeness (QED) is 0.151. The van der Waals surface area contributed by atoms with Crippen molar-refractivity contribution < 1.29 is 19.1 Å². The third kappa shape index (κ3) is 6.61. The number of carbonyl (C=O) groups is 2. The van der Waals surface area contributed by atoms with Crippen LogP contribution >= 0.6 is 23.2 Å². The molecule has 49 heavy (non-hydrogen) atoms. The fourth-order valence-electron chi connectivity index (χ4n) is 6.38. The van der Waals surface area contributed by atoms with Crippen LogP contribution in [0.1, 0.15) is 22.3 Å². The maximum Gasteiger partial charge on any atom is 0.262 e.